The molecular weight excluding hydrogens is 188 g/mol. The molecule has 0 unspecified atom stereocenters. The van der Waals surface area contributed by atoms with Gasteiger partial charge in [-0.3, -0.25) is 4.90 Å². The van der Waals surface area contributed by atoms with Gasteiger partial charge in [0.2, 0.25) is 0 Å². The summed E-state index contributed by atoms with van der Waals surface area (Å²) in [6.45, 7) is 9.08. The fourth-order valence-electron chi connectivity index (χ4n) is 2.93. The minimum absolute atomic E-state index is 0.689. The molecule has 1 aliphatic heterocycles. The molecule has 0 radical (unpaired) electrons. The van der Waals surface area contributed by atoms with Crippen LogP contribution in [-0.2, 0) is 4.74 Å². The van der Waals surface area contributed by atoms with Gasteiger partial charge in [-0.25, -0.2) is 0 Å². The Morgan fingerprint density at radius 3 is 2.60 bits per heavy atom. The lowest BCUT2D eigenvalue weighted by Crippen LogP contribution is -2.67. The third kappa shape index (κ3) is 2.35. The van der Waals surface area contributed by atoms with E-state index in [9.17, 15) is 0 Å². The van der Waals surface area contributed by atoms with Gasteiger partial charge in [0.15, 0.2) is 0 Å². The van der Waals surface area contributed by atoms with Crippen LogP contribution in [0.5, 0.6) is 0 Å². The summed E-state index contributed by atoms with van der Waals surface area (Å²) in [4.78, 5) is 2.57. The zero-order valence-electron chi connectivity index (χ0n) is 10.3. The van der Waals surface area contributed by atoms with E-state index < -0.39 is 0 Å². The molecule has 88 valence electrons. The Morgan fingerprint density at radius 2 is 2.07 bits per heavy atom. The van der Waals surface area contributed by atoms with Crippen molar-refractivity contribution in [3.63, 3.8) is 0 Å². The van der Waals surface area contributed by atoms with E-state index >= 15 is 0 Å². The van der Waals surface area contributed by atoms with Gasteiger partial charge < -0.3 is 10.1 Å². The van der Waals surface area contributed by atoms with Crippen LogP contribution in [0.2, 0.25) is 0 Å². The molecule has 2 rings (SSSR count). The van der Waals surface area contributed by atoms with Crippen molar-refractivity contribution >= 4 is 0 Å². The summed E-state index contributed by atoms with van der Waals surface area (Å²) in [5, 5.41) is 3.54. The highest BCUT2D eigenvalue weighted by Crippen LogP contribution is 2.48. The average Bonchev–Trinajstić information content (AvgIpc) is 2.04. The predicted octanol–water partition coefficient (Wildman–Crippen LogP) is 1.10. The van der Waals surface area contributed by atoms with E-state index in [-0.39, 0.29) is 0 Å². The molecule has 1 heterocycles. The van der Waals surface area contributed by atoms with Crippen LogP contribution in [0.4, 0.5) is 0 Å². The van der Waals surface area contributed by atoms with E-state index in [0.717, 1.165) is 25.2 Å². The van der Waals surface area contributed by atoms with Crippen LogP contribution in [0.3, 0.4) is 0 Å². The lowest BCUT2D eigenvalue weighted by Gasteiger charge is -2.60. The molecule has 1 saturated heterocycles. The minimum atomic E-state index is 0.689. The van der Waals surface area contributed by atoms with Crippen molar-refractivity contribution in [3.8, 4) is 0 Å². The number of likely N-dealkylation sites (tertiary alicyclic amines) is 1. The van der Waals surface area contributed by atoms with Gasteiger partial charge in [0.05, 0.1) is 6.61 Å². The Morgan fingerprint density at radius 1 is 1.40 bits per heavy atom. The number of ether oxygens (including phenoxy) is 1. The van der Waals surface area contributed by atoms with Gasteiger partial charge in [0.1, 0.15) is 0 Å². The number of nitrogens with one attached hydrogen (secondary N) is 1. The minimum Gasteiger partial charge on any atom is -0.383 e. The molecule has 2 aliphatic rings. The van der Waals surface area contributed by atoms with Crippen LogP contribution in [0.1, 0.15) is 26.7 Å². The molecule has 15 heavy (non-hydrogen) atoms. The standard InChI is InChI=1S/C12H24N2O/c1-10(2)14-8-12(9-14)6-11(7-12)13-4-5-15-3/h10-11,13H,4-9H2,1-3H3. The average molecular weight is 212 g/mol. The molecule has 3 nitrogen and oxygen atoms in total. The number of hydrogen-bond donors (Lipinski definition) is 1. The van der Waals surface area contributed by atoms with Gasteiger partial charge in [-0.05, 0) is 32.1 Å². The second-order valence-corrected chi connectivity index (χ2v) is 5.55. The molecule has 0 amide bonds. The fourth-order valence-corrected chi connectivity index (χ4v) is 2.93. The van der Waals surface area contributed by atoms with Gasteiger partial charge in [0.25, 0.3) is 0 Å². The van der Waals surface area contributed by atoms with Crippen LogP contribution in [0.25, 0.3) is 0 Å². The van der Waals surface area contributed by atoms with Gasteiger partial charge in [-0.15, -0.1) is 0 Å². The Hall–Kier alpha value is -0.120. The number of nitrogens with zero attached hydrogens (tertiary/aromatic N) is 1. The van der Waals surface area contributed by atoms with Crippen molar-refractivity contribution in [1.82, 2.24) is 10.2 Å². The van der Waals surface area contributed by atoms with Gasteiger partial charge in [0, 0.05) is 38.8 Å². The Kier molecular flexibility index (Phi) is 3.33. The van der Waals surface area contributed by atoms with Crippen LogP contribution in [-0.4, -0.2) is 50.3 Å². The first kappa shape index (κ1) is 11.4. The van der Waals surface area contributed by atoms with Gasteiger partial charge in [-0.2, -0.15) is 0 Å². The van der Waals surface area contributed by atoms with Crippen molar-refractivity contribution in [2.75, 3.05) is 33.4 Å². The van der Waals surface area contributed by atoms with Crippen molar-refractivity contribution in [1.29, 1.82) is 0 Å². The number of methoxy groups -OCH3 is 1. The van der Waals surface area contributed by atoms with Crippen LogP contribution < -0.4 is 5.32 Å². The molecule has 0 bridgehead atoms. The van der Waals surface area contributed by atoms with E-state index in [1.165, 1.54) is 25.9 Å². The summed E-state index contributed by atoms with van der Waals surface area (Å²) in [5.41, 5.74) is 0.689. The normalized spacial score (nSPS) is 25.6. The second kappa shape index (κ2) is 4.40. The highest BCUT2D eigenvalue weighted by Gasteiger charge is 2.52. The van der Waals surface area contributed by atoms with Crippen molar-refractivity contribution < 1.29 is 4.74 Å². The van der Waals surface area contributed by atoms with Gasteiger partial charge >= 0.3 is 0 Å². The van der Waals surface area contributed by atoms with E-state index in [0.29, 0.717) is 5.41 Å². The lowest BCUT2D eigenvalue weighted by atomic mass is 9.60. The summed E-state index contributed by atoms with van der Waals surface area (Å²) >= 11 is 0. The quantitative estimate of drug-likeness (QED) is 0.691. The summed E-state index contributed by atoms with van der Waals surface area (Å²) in [6.07, 6.45) is 2.75. The summed E-state index contributed by atoms with van der Waals surface area (Å²) in [5.74, 6) is 0. The van der Waals surface area contributed by atoms with E-state index in [2.05, 4.69) is 24.1 Å². The van der Waals surface area contributed by atoms with E-state index in [1.807, 2.05) is 0 Å². The monoisotopic (exact) mass is 212 g/mol. The second-order valence-electron chi connectivity index (χ2n) is 5.55. The molecule has 0 aromatic rings. The molecule has 0 atom stereocenters. The maximum absolute atomic E-state index is 5.03. The lowest BCUT2D eigenvalue weighted by molar-refractivity contribution is -0.0932. The first-order valence-electron chi connectivity index (χ1n) is 6.12. The number of hydrogen-bond acceptors (Lipinski definition) is 3. The molecular formula is C12H24N2O. The Bertz CT molecular complexity index is 204. The molecule has 3 heteroatoms. The zero-order valence-corrected chi connectivity index (χ0v) is 10.3. The Labute approximate surface area is 93.2 Å². The first-order valence-corrected chi connectivity index (χ1v) is 6.12. The fraction of sp³-hybridized carbons (Fsp3) is 1.00. The maximum atomic E-state index is 5.03. The number of rotatable bonds is 5. The first-order chi connectivity index (χ1) is 7.15. The molecule has 1 spiro atoms. The highest BCUT2D eigenvalue weighted by molar-refractivity contribution is 5.07. The largest absolute Gasteiger partial charge is 0.383 e. The molecule has 2 fully saturated rings. The van der Waals surface area contributed by atoms with Crippen LogP contribution in [0, 0.1) is 5.41 Å². The summed E-state index contributed by atoms with van der Waals surface area (Å²) in [6, 6.07) is 1.49. The SMILES string of the molecule is COCCNC1CC2(C1)CN(C(C)C)C2. The topological polar surface area (TPSA) is 24.5 Å². The molecule has 1 N–H and O–H groups in total. The van der Waals surface area contributed by atoms with Crippen LogP contribution >= 0.6 is 0 Å². The van der Waals surface area contributed by atoms with Crippen molar-refractivity contribution in [2.24, 2.45) is 5.41 Å². The van der Waals surface area contributed by atoms with E-state index in [4.69, 9.17) is 4.74 Å². The smallest absolute Gasteiger partial charge is 0.0587 e. The van der Waals surface area contributed by atoms with E-state index in [1.54, 1.807) is 7.11 Å². The zero-order chi connectivity index (χ0) is 10.9. The summed E-state index contributed by atoms with van der Waals surface area (Å²) in [7, 11) is 1.76. The van der Waals surface area contributed by atoms with Gasteiger partial charge in [-0.1, -0.05) is 0 Å². The molecule has 1 saturated carbocycles. The molecule has 0 aromatic heterocycles. The Balaban J connectivity index is 1.59. The molecule has 0 aromatic carbocycles. The molecule has 1 aliphatic carbocycles. The third-order valence-corrected chi connectivity index (χ3v) is 3.91. The highest BCUT2D eigenvalue weighted by atomic mass is 16.5. The predicted molar refractivity (Wildman–Crippen MR) is 62.0 cm³/mol. The van der Waals surface area contributed by atoms with Crippen molar-refractivity contribution in [2.45, 2.75) is 38.8 Å². The maximum Gasteiger partial charge on any atom is 0.0587 e. The van der Waals surface area contributed by atoms with Crippen LogP contribution in [0.15, 0.2) is 0 Å². The third-order valence-electron chi connectivity index (χ3n) is 3.91. The summed E-state index contributed by atoms with van der Waals surface area (Å²) < 4.78 is 5.03. The van der Waals surface area contributed by atoms with Crippen molar-refractivity contribution in [3.05, 3.63) is 0 Å².